The normalized spacial score (nSPS) is 22.1. The van der Waals surface area contributed by atoms with E-state index in [0.717, 1.165) is 30.4 Å². The van der Waals surface area contributed by atoms with Crippen molar-refractivity contribution in [2.75, 3.05) is 0 Å². The van der Waals surface area contributed by atoms with Gasteiger partial charge in [0.05, 0.1) is 11.9 Å². The van der Waals surface area contributed by atoms with Crippen molar-refractivity contribution in [3.05, 3.63) is 23.9 Å². The maximum atomic E-state index is 9.79. The summed E-state index contributed by atoms with van der Waals surface area (Å²) in [7, 11) is 0. The lowest BCUT2D eigenvalue weighted by Crippen LogP contribution is -2.03. The van der Waals surface area contributed by atoms with Gasteiger partial charge in [-0.1, -0.05) is 45.4 Å². The quantitative estimate of drug-likeness (QED) is 0.751. The molecule has 0 radical (unpaired) electrons. The highest BCUT2D eigenvalue weighted by atomic mass is 16.3. The Bertz CT molecular complexity index is 473. The Morgan fingerprint density at radius 3 is 2.90 bits per heavy atom. The third-order valence-electron chi connectivity index (χ3n) is 4.64. The number of nitrogens with two attached hydrogens (primary N) is 1. The molecular weight excluding hydrogens is 262 g/mol. The van der Waals surface area contributed by atoms with Crippen molar-refractivity contribution in [3.8, 4) is 5.75 Å². The lowest BCUT2D eigenvalue weighted by molar-refractivity contribution is 0.375. The fourth-order valence-corrected chi connectivity index (χ4v) is 3.30. The van der Waals surface area contributed by atoms with Crippen LogP contribution in [0.15, 0.2) is 12.4 Å². The van der Waals surface area contributed by atoms with Crippen molar-refractivity contribution in [2.24, 2.45) is 17.6 Å². The average Bonchev–Trinajstić information content (AvgIpc) is 2.87. The Balaban J connectivity index is 1.71. The number of aromatic nitrogens is 2. The molecule has 1 aliphatic rings. The van der Waals surface area contributed by atoms with Crippen molar-refractivity contribution in [1.29, 1.82) is 0 Å². The van der Waals surface area contributed by atoms with E-state index in [0.29, 0.717) is 5.82 Å². The smallest absolute Gasteiger partial charge is 0.155 e. The molecule has 0 spiro atoms. The first-order valence-corrected chi connectivity index (χ1v) is 8.14. The Hall–Kier alpha value is -1.58. The molecule has 1 saturated carbocycles. The summed E-state index contributed by atoms with van der Waals surface area (Å²) in [5.74, 6) is 2.61. The number of hydrogen-bond acceptors (Lipinski definition) is 4. The molecule has 1 aromatic rings. The first kappa shape index (κ1) is 15.8. The van der Waals surface area contributed by atoms with Crippen LogP contribution in [-0.2, 0) is 6.42 Å². The highest BCUT2D eigenvalue weighted by Crippen LogP contribution is 2.34. The molecule has 0 aromatic carbocycles. The SMILES string of the molecule is CC1CCC[C@H]1CCCCCc1nc(C=CN)ncc1O. The van der Waals surface area contributed by atoms with Crippen molar-refractivity contribution in [2.45, 2.75) is 58.3 Å². The molecule has 1 fully saturated rings. The van der Waals surface area contributed by atoms with Crippen LogP contribution in [0.3, 0.4) is 0 Å². The zero-order valence-corrected chi connectivity index (χ0v) is 13.0. The summed E-state index contributed by atoms with van der Waals surface area (Å²) in [6, 6.07) is 0. The second-order valence-corrected chi connectivity index (χ2v) is 6.19. The molecule has 0 aliphatic heterocycles. The number of aryl methyl sites for hydroxylation is 1. The second-order valence-electron chi connectivity index (χ2n) is 6.19. The summed E-state index contributed by atoms with van der Waals surface area (Å²) in [4.78, 5) is 8.33. The second kappa shape index (κ2) is 8.01. The summed E-state index contributed by atoms with van der Waals surface area (Å²) in [6.07, 6.45) is 14.5. The van der Waals surface area contributed by atoms with Crippen LogP contribution >= 0.6 is 0 Å². The first-order chi connectivity index (χ1) is 10.2. The van der Waals surface area contributed by atoms with Crippen molar-refractivity contribution in [3.63, 3.8) is 0 Å². The zero-order valence-electron chi connectivity index (χ0n) is 13.0. The third-order valence-corrected chi connectivity index (χ3v) is 4.64. The molecule has 2 rings (SSSR count). The molecule has 21 heavy (non-hydrogen) atoms. The maximum absolute atomic E-state index is 9.79. The van der Waals surface area contributed by atoms with Gasteiger partial charge in [0.15, 0.2) is 11.6 Å². The fraction of sp³-hybridized carbons (Fsp3) is 0.647. The predicted octanol–water partition coefficient (Wildman–Crippen LogP) is 3.65. The molecule has 2 atom stereocenters. The van der Waals surface area contributed by atoms with Gasteiger partial charge in [-0.3, -0.25) is 0 Å². The lowest BCUT2D eigenvalue weighted by Gasteiger charge is -2.14. The van der Waals surface area contributed by atoms with Crippen LogP contribution < -0.4 is 5.73 Å². The Kier molecular flexibility index (Phi) is 6.03. The van der Waals surface area contributed by atoms with E-state index in [-0.39, 0.29) is 5.75 Å². The number of unbranched alkanes of at least 4 members (excludes halogenated alkanes) is 2. The van der Waals surface area contributed by atoms with Gasteiger partial charge in [-0.2, -0.15) is 0 Å². The molecule has 1 heterocycles. The predicted molar refractivity (Wildman–Crippen MR) is 85.6 cm³/mol. The van der Waals surface area contributed by atoms with Crippen molar-refractivity contribution in [1.82, 2.24) is 9.97 Å². The number of aromatic hydroxyl groups is 1. The van der Waals surface area contributed by atoms with Gasteiger partial charge in [0.2, 0.25) is 0 Å². The standard InChI is InChI=1S/C17H27N3O/c1-13-6-5-8-14(13)7-3-2-4-9-15-16(21)12-19-17(20-15)10-11-18/h10-14,21H,2-9,18H2,1H3/t13?,14-/m1/s1. The summed E-state index contributed by atoms with van der Waals surface area (Å²) in [5, 5.41) is 9.79. The average molecular weight is 289 g/mol. The van der Waals surface area contributed by atoms with Crippen LogP contribution in [-0.4, -0.2) is 15.1 Å². The molecule has 1 aliphatic carbocycles. The van der Waals surface area contributed by atoms with E-state index in [1.807, 2.05) is 0 Å². The summed E-state index contributed by atoms with van der Waals surface area (Å²) in [5.41, 5.74) is 6.07. The largest absolute Gasteiger partial charge is 0.504 e. The van der Waals surface area contributed by atoms with Gasteiger partial charge < -0.3 is 10.8 Å². The van der Waals surface area contributed by atoms with Gasteiger partial charge >= 0.3 is 0 Å². The Morgan fingerprint density at radius 2 is 2.19 bits per heavy atom. The van der Waals surface area contributed by atoms with Gasteiger partial charge in [-0.05, 0) is 37.0 Å². The molecule has 1 unspecified atom stereocenters. The van der Waals surface area contributed by atoms with Gasteiger partial charge in [0.25, 0.3) is 0 Å². The van der Waals surface area contributed by atoms with Gasteiger partial charge in [0.1, 0.15) is 0 Å². The molecule has 116 valence electrons. The molecule has 1 aromatic heterocycles. The Morgan fingerprint density at radius 1 is 1.33 bits per heavy atom. The monoisotopic (exact) mass is 289 g/mol. The van der Waals surface area contributed by atoms with E-state index in [9.17, 15) is 5.11 Å². The third kappa shape index (κ3) is 4.73. The topological polar surface area (TPSA) is 72.0 Å². The highest BCUT2D eigenvalue weighted by molar-refractivity contribution is 5.40. The molecule has 4 heteroatoms. The van der Waals surface area contributed by atoms with E-state index in [4.69, 9.17) is 5.73 Å². The minimum absolute atomic E-state index is 0.189. The Labute approximate surface area is 127 Å². The minimum atomic E-state index is 0.189. The van der Waals surface area contributed by atoms with Gasteiger partial charge in [0, 0.05) is 0 Å². The van der Waals surface area contributed by atoms with Gasteiger partial charge in [-0.15, -0.1) is 0 Å². The van der Waals surface area contributed by atoms with Crippen LogP contribution in [0.1, 0.15) is 63.4 Å². The van der Waals surface area contributed by atoms with E-state index in [1.54, 1.807) is 6.08 Å². The van der Waals surface area contributed by atoms with E-state index < -0.39 is 0 Å². The summed E-state index contributed by atoms with van der Waals surface area (Å²) < 4.78 is 0. The highest BCUT2D eigenvalue weighted by Gasteiger charge is 2.22. The van der Waals surface area contributed by atoms with Crippen LogP contribution in [0.25, 0.3) is 6.08 Å². The van der Waals surface area contributed by atoms with Crippen molar-refractivity contribution >= 4 is 6.08 Å². The first-order valence-electron chi connectivity index (χ1n) is 8.14. The molecular formula is C17H27N3O. The minimum Gasteiger partial charge on any atom is -0.504 e. The summed E-state index contributed by atoms with van der Waals surface area (Å²) >= 11 is 0. The van der Waals surface area contributed by atoms with Crippen molar-refractivity contribution < 1.29 is 5.11 Å². The number of hydrogen-bond donors (Lipinski definition) is 2. The molecule has 4 nitrogen and oxygen atoms in total. The lowest BCUT2D eigenvalue weighted by atomic mass is 9.92. The molecule has 0 saturated heterocycles. The maximum Gasteiger partial charge on any atom is 0.155 e. The fourth-order valence-electron chi connectivity index (χ4n) is 3.30. The van der Waals surface area contributed by atoms with Crippen LogP contribution in [0.4, 0.5) is 0 Å². The number of rotatable bonds is 7. The zero-order chi connectivity index (χ0) is 15.1. The molecule has 0 bridgehead atoms. The van der Waals surface area contributed by atoms with Crippen LogP contribution in [0.5, 0.6) is 5.75 Å². The summed E-state index contributed by atoms with van der Waals surface area (Å²) in [6.45, 7) is 2.39. The number of nitrogens with zero attached hydrogens (tertiary/aromatic N) is 2. The van der Waals surface area contributed by atoms with E-state index in [1.165, 1.54) is 50.9 Å². The molecule has 0 amide bonds. The van der Waals surface area contributed by atoms with Crippen LogP contribution in [0.2, 0.25) is 0 Å². The molecule has 3 N–H and O–H groups in total. The van der Waals surface area contributed by atoms with E-state index in [2.05, 4.69) is 16.9 Å². The van der Waals surface area contributed by atoms with E-state index >= 15 is 0 Å². The van der Waals surface area contributed by atoms with Crippen LogP contribution in [0, 0.1) is 11.8 Å². The van der Waals surface area contributed by atoms with Gasteiger partial charge in [-0.25, -0.2) is 9.97 Å².